The quantitative estimate of drug-likeness (QED) is 0.224. The highest BCUT2D eigenvalue weighted by Crippen LogP contribution is 2.38. The minimum Gasteiger partial charge on any atom is -0.507 e. The Morgan fingerprint density at radius 1 is 1.05 bits per heavy atom. The number of phenols is 1. The van der Waals surface area contributed by atoms with E-state index >= 15 is 0 Å². The van der Waals surface area contributed by atoms with Crippen LogP contribution in [0, 0.1) is 6.92 Å². The summed E-state index contributed by atoms with van der Waals surface area (Å²) in [5, 5.41) is 19.6. The maximum atomic E-state index is 13.7. The molecule has 41 heavy (non-hydrogen) atoms. The fourth-order valence-corrected chi connectivity index (χ4v) is 5.48. The Hall–Kier alpha value is -5.17. The molecule has 0 saturated carbocycles. The average molecular weight is 571 g/mol. The molecule has 0 spiro atoms. The molecule has 6 rings (SSSR count). The maximum absolute atomic E-state index is 13.7. The van der Waals surface area contributed by atoms with Crippen LogP contribution in [-0.4, -0.2) is 48.9 Å². The van der Waals surface area contributed by atoms with Gasteiger partial charge in [0.2, 0.25) is 10.0 Å². The van der Waals surface area contributed by atoms with E-state index in [1.165, 1.54) is 12.4 Å². The number of hydrogen-bond donors (Lipinski definition) is 4. The number of nitrogens with one attached hydrogen (secondary N) is 3. The first kappa shape index (κ1) is 26.1. The summed E-state index contributed by atoms with van der Waals surface area (Å²) in [6.07, 6.45) is 5.90. The fourth-order valence-electron chi connectivity index (χ4n) is 4.93. The molecule has 1 unspecified atom stereocenters. The third-order valence-corrected chi connectivity index (χ3v) is 7.34. The summed E-state index contributed by atoms with van der Waals surface area (Å²) in [7, 11) is -3.51. The summed E-state index contributed by atoms with van der Waals surface area (Å²) in [5.74, 6) is 0.789. The minimum atomic E-state index is -3.51. The van der Waals surface area contributed by atoms with Crippen LogP contribution in [0.25, 0.3) is 33.4 Å². The summed E-state index contributed by atoms with van der Waals surface area (Å²) < 4.78 is 28.8. The van der Waals surface area contributed by atoms with Crippen LogP contribution in [0.4, 0.5) is 11.5 Å². The number of nitrogens with zero attached hydrogens (tertiary/aromatic N) is 5. The second-order valence-electron chi connectivity index (χ2n) is 9.75. The van der Waals surface area contributed by atoms with E-state index in [0.717, 1.165) is 11.8 Å². The van der Waals surface area contributed by atoms with E-state index in [0.29, 0.717) is 45.0 Å². The molecule has 4 heterocycles. The molecule has 0 saturated heterocycles. The third-order valence-electron chi connectivity index (χ3n) is 6.73. The Morgan fingerprint density at radius 2 is 1.83 bits per heavy atom. The van der Waals surface area contributed by atoms with Crippen LogP contribution in [0.5, 0.6) is 5.75 Å². The van der Waals surface area contributed by atoms with Crippen molar-refractivity contribution in [2.24, 2.45) is 0 Å². The van der Waals surface area contributed by atoms with E-state index in [-0.39, 0.29) is 17.0 Å². The largest absolute Gasteiger partial charge is 0.507 e. The Morgan fingerprint density at radius 3 is 2.56 bits per heavy atom. The van der Waals surface area contributed by atoms with Crippen LogP contribution in [-0.2, 0) is 10.0 Å². The number of para-hydroxylation sites is 1. The van der Waals surface area contributed by atoms with Crippen LogP contribution in [0.2, 0.25) is 0 Å². The van der Waals surface area contributed by atoms with Crippen LogP contribution in [0.1, 0.15) is 24.4 Å². The molecule has 6 aromatic rings. The second-order valence-corrected chi connectivity index (χ2v) is 11.5. The van der Waals surface area contributed by atoms with Crippen molar-refractivity contribution in [2.45, 2.75) is 19.9 Å². The van der Waals surface area contributed by atoms with E-state index in [9.17, 15) is 18.3 Å². The lowest BCUT2D eigenvalue weighted by molar-refractivity contribution is 0.477. The lowest BCUT2D eigenvalue weighted by Gasteiger charge is -2.20. The van der Waals surface area contributed by atoms with Gasteiger partial charge in [-0.3, -0.25) is 14.1 Å². The molecule has 0 aliphatic rings. The number of rotatable bonds is 7. The monoisotopic (exact) mass is 570 g/mol. The number of aromatic hydroxyl groups is 1. The van der Waals surface area contributed by atoms with Crippen molar-refractivity contribution < 1.29 is 13.5 Å². The number of phenolic OH excluding ortho intramolecular Hbond substituents is 1. The normalized spacial score (nSPS) is 12.6. The minimum absolute atomic E-state index is 0.129. The lowest BCUT2D eigenvalue weighted by Crippen LogP contribution is -2.29. The Bertz CT molecular complexity index is 2100. The molecule has 0 aliphatic heterocycles. The molecule has 0 fully saturated rings. The first-order valence-corrected chi connectivity index (χ1v) is 14.6. The molecule has 2 aromatic carbocycles. The first-order valence-electron chi connectivity index (χ1n) is 12.7. The van der Waals surface area contributed by atoms with Crippen molar-refractivity contribution in [1.29, 1.82) is 0 Å². The molecular formula is C28H26N8O4S. The van der Waals surface area contributed by atoms with E-state index in [1.807, 2.05) is 50.2 Å². The van der Waals surface area contributed by atoms with Crippen molar-refractivity contribution in [2.75, 3.05) is 16.3 Å². The molecule has 1 atom stereocenters. The number of hydrogen-bond acceptors (Lipinski definition) is 8. The molecule has 4 N–H and O–H groups in total. The highest BCUT2D eigenvalue weighted by atomic mass is 32.2. The van der Waals surface area contributed by atoms with E-state index in [1.54, 1.807) is 33.6 Å². The summed E-state index contributed by atoms with van der Waals surface area (Å²) in [6.45, 7) is 3.76. The van der Waals surface area contributed by atoms with Crippen molar-refractivity contribution in [3.05, 3.63) is 95.1 Å². The number of fused-ring (bicyclic) bond motifs is 2. The van der Waals surface area contributed by atoms with Gasteiger partial charge in [0, 0.05) is 29.6 Å². The highest BCUT2D eigenvalue weighted by Gasteiger charge is 2.22. The van der Waals surface area contributed by atoms with Crippen molar-refractivity contribution >= 4 is 38.1 Å². The molecule has 0 bridgehead atoms. The van der Waals surface area contributed by atoms with Crippen LogP contribution in [0.15, 0.2) is 78.1 Å². The van der Waals surface area contributed by atoms with Crippen molar-refractivity contribution in [3.8, 4) is 22.6 Å². The smallest absolute Gasteiger partial charge is 0.282 e. The van der Waals surface area contributed by atoms with Gasteiger partial charge in [0.25, 0.3) is 5.56 Å². The molecule has 208 valence electrons. The van der Waals surface area contributed by atoms with Gasteiger partial charge in [0.05, 0.1) is 29.1 Å². The van der Waals surface area contributed by atoms with Gasteiger partial charge in [-0.25, -0.2) is 22.9 Å². The van der Waals surface area contributed by atoms with Gasteiger partial charge in [0.15, 0.2) is 5.82 Å². The molecule has 0 aliphatic carbocycles. The molecule has 13 heteroatoms. The zero-order valence-electron chi connectivity index (χ0n) is 22.3. The number of H-pyrrole nitrogens is 1. The molecule has 12 nitrogen and oxygen atoms in total. The number of aromatic amines is 1. The highest BCUT2D eigenvalue weighted by molar-refractivity contribution is 7.92. The number of aromatic nitrogens is 6. The van der Waals surface area contributed by atoms with Crippen LogP contribution < -0.4 is 15.6 Å². The van der Waals surface area contributed by atoms with Gasteiger partial charge < -0.3 is 15.4 Å². The summed E-state index contributed by atoms with van der Waals surface area (Å²) in [6, 6.07) is 15.2. The standard InChI is InChI=1S/C28H26N8O4S/c1-16-11-12-35-24(16)28(38)36(19-7-5-4-6-8-19)27(33-35)17(2)32-26-23-21(14-29-25(23)30-15-31-26)20-10-9-18(13-22(20)37)34-41(3,39)40/h4-15,17,34,37H,1-3H3,(H2,29,30,31,32). The average Bonchev–Trinajstić information content (AvgIpc) is 3.52. The van der Waals surface area contributed by atoms with Gasteiger partial charge in [-0.05, 0) is 49.7 Å². The first-order chi connectivity index (χ1) is 19.6. The Kier molecular flexibility index (Phi) is 6.22. The second kappa shape index (κ2) is 9.78. The van der Waals surface area contributed by atoms with Crippen molar-refractivity contribution in [3.63, 3.8) is 0 Å². The predicted octanol–water partition coefficient (Wildman–Crippen LogP) is 3.98. The van der Waals surface area contributed by atoms with Crippen LogP contribution in [0.3, 0.4) is 0 Å². The molecule has 0 amide bonds. The maximum Gasteiger partial charge on any atom is 0.282 e. The van der Waals surface area contributed by atoms with E-state index < -0.39 is 16.1 Å². The zero-order chi connectivity index (χ0) is 28.9. The number of aryl methyl sites for hydroxylation is 1. The van der Waals surface area contributed by atoms with Gasteiger partial charge in [-0.1, -0.05) is 18.2 Å². The zero-order valence-corrected chi connectivity index (χ0v) is 23.1. The third kappa shape index (κ3) is 4.76. The Labute approximate surface area is 234 Å². The Balaban J connectivity index is 1.45. The summed E-state index contributed by atoms with van der Waals surface area (Å²) >= 11 is 0. The van der Waals surface area contributed by atoms with Gasteiger partial charge >= 0.3 is 0 Å². The number of benzene rings is 2. The van der Waals surface area contributed by atoms with Gasteiger partial charge in [0.1, 0.15) is 29.1 Å². The fraction of sp³-hybridized carbons (Fsp3) is 0.143. The van der Waals surface area contributed by atoms with E-state index in [2.05, 4.69) is 25.0 Å². The number of anilines is 2. The summed E-state index contributed by atoms with van der Waals surface area (Å²) in [5.41, 5.74) is 3.61. The topological polar surface area (TPSA) is 159 Å². The molecule has 4 aromatic heterocycles. The predicted molar refractivity (Wildman–Crippen MR) is 157 cm³/mol. The SMILES string of the molecule is Cc1ccn2nc(C(C)Nc3ncnc4[nH]cc(-c5ccc(NS(C)(=O)=O)cc5O)c34)n(-c3ccccc3)c(=O)c12. The lowest BCUT2D eigenvalue weighted by atomic mass is 10.0. The van der Waals surface area contributed by atoms with Crippen LogP contribution >= 0.6 is 0 Å². The summed E-state index contributed by atoms with van der Waals surface area (Å²) in [4.78, 5) is 25.6. The number of sulfonamides is 1. The van der Waals surface area contributed by atoms with E-state index in [4.69, 9.17) is 5.10 Å². The van der Waals surface area contributed by atoms with Gasteiger partial charge in [-0.15, -0.1) is 0 Å². The van der Waals surface area contributed by atoms with Gasteiger partial charge in [-0.2, -0.15) is 5.10 Å². The van der Waals surface area contributed by atoms with Crippen molar-refractivity contribution in [1.82, 2.24) is 29.1 Å². The molecule has 0 radical (unpaired) electrons. The molecular weight excluding hydrogens is 544 g/mol.